The Hall–Kier alpha value is -2.69. The summed E-state index contributed by atoms with van der Waals surface area (Å²) in [5, 5.41) is 0. The van der Waals surface area contributed by atoms with Crippen LogP contribution in [0.5, 0.6) is 0 Å². The van der Waals surface area contributed by atoms with E-state index in [1.165, 1.54) is 12.1 Å². The van der Waals surface area contributed by atoms with Gasteiger partial charge in [-0.15, -0.1) is 0 Å². The monoisotopic (exact) mass is 380 g/mol. The SMILES string of the molecule is Cc1cccc(C(=O)N2CCCN(C(=O)C3CC3c3ccc(F)cc3)CC2)c1. The molecule has 2 aliphatic rings. The third-order valence-corrected chi connectivity index (χ3v) is 5.77. The molecule has 28 heavy (non-hydrogen) atoms. The Bertz CT molecular complexity index is 880. The molecule has 1 aliphatic carbocycles. The molecule has 1 saturated heterocycles. The number of halogens is 1. The lowest BCUT2D eigenvalue weighted by Gasteiger charge is -2.22. The maximum absolute atomic E-state index is 13.1. The van der Waals surface area contributed by atoms with E-state index in [1.54, 1.807) is 12.1 Å². The van der Waals surface area contributed by atoms with Crippen LogP contribution >= 0.6 is 0 Å². The first-order valence-electron chi connectivity index (χ1n) is 9.93. The number of hydrogen-bond acceptors (Lipinski definition) is 2. The van der Waals surface area contributed by atoms with Crippen LogP contribution in [0, 0.1) is 18.7 Å². The van der Waals surface area contributed by atoms with Crippen molar-refractivity contribution in [3.05, 3.63) is 71.0 Å². The molecule has 0 bridgehead atoms. The standard InChI is InChI=1S/C23H25FN2O2/c1-16-4-2-5-18(14-16)22(27)25-10-3-11-26(13-12-25)23(28)21-15-20(21)17-6-8-19(24)9-7-17/h2,4-9,14,20-21H,3,10-13,15H2,1H3. The summed E-state index contributed by atoms with van der Waals surface area (Å²) in [6, 6.07) is 14.1. The second-order valence-corrected chi connectivity index (χ2v) is 7.84. The van der Waals surface area contributed by atoms with E-state index in [1.807, 2.05) is 41.0 Å². The second kappa shape index (κ2) is 7.74. The van der Waals surface area contributed by atoms with Gasteiger partial charge in [0.25, 0.3) is 5.91 Å². The largest absolute Gasteiger partial charge is 0.341 e. The fraction of sp³-hybridized carbons (Fsp3) is 0.391. The van der Waals surface area contributed by atoms with Gasteiger partial charge >= 0.3 is 0 Å². The smallest absolute Gasteiger partial charge is 0.253 e. The van der Waals surface area contributed by atoms with Crippen LogP contribution in [0.4, 0.5) is 4.39 Å². The summed E-state index contributed by atoms with van der Waals surface area (Å²) < 4.78 is 13.1. The van der Waals surface area contributed by atoms with E-state index in [9.17, 15) is 14.0 Å². The summed E-state index contributed by atoms with van der Waals surface area (Å²) >= 11 is 0. The van der Waals surface area contributed by atoms with E-state index in [0.717, 1.165) is 24.0 Å². The van der Waals surface area contributed by atoms with Crippen LogP contribution in [0.25, 0.3) is 0 Å². The summed E-state index contributed by atoms with van der Waals surface area (Å²) in [4.78, 5) is 29.4. The molecule has 2 atom stereocenters. The highest BCUT2D eigenvalue weighted by Gasteiger charge is 2.45. The Kier molecular flexibility index (Phi) is 5.16. The Morgan fingerprint density at radius 3 is 2.43 bits per heavy atom. The highest BCUT2D eigenvalue weighted by Crippen LogP contribution is 2.48. The van der Waals surface area contributed by atoms with Crippen molar-refractivity contribution in [3.63, 3.8) is 0 Å². The zero-order valence-electron chi connectivity index (χ0n) is 16.1. The second-order valence-electron chi connectivity index (χ2n) is 7.84. The molecule has 4 nitrogen and oxygen atoms in total. The number of hydrogen-bond donors (Lipinski definition) is 0. The van der Waals surface area contributed by atoms with E-state index in [2.05, 4.69) is 0 Å². The summed E-state index contributed by atoms with van der Waals surface area (Å²) in [6.07, 6.45) is 1.62. The van der Waals surface area contributed by atoms with Crippen molar-refractivity contribution in [1.29, 1.82) is 0 Å². The van der Waals surface area contributed by atoms with Crippen LogP contribution in [0.1, 0.15) is 40.2 Å². The van der Waals surface area contributed by atoms with Crippen molar-refractivity contribution in [2.24, 2.45) is 5.92 Å². The number of amides is 2. The summed E-state index contributed by atoms with van der Waals surface area (Å²) in [5.41, 5.74) is 2.81. The molecule has 2 aromatic carbocycles. The number of benzene rings is 2. The number of carbonyl (C=O) groups is 2. The molecule has 0 N–H and O–H groups in total. The van der Waals surface area contributed by atoms with Gasteiger partial charge in [-0.3, -0.25) is 9.59 Å². The Balaban J connectivity index is 1.36. The molecule has 2 fully saturated rings. The molecule has 1 heterocycles. The molecule has 5 heteroatoms. The zero-order chi connectivity index (χ0) is 19.7. The van der Waals surface area contributed by atoms with Crippen molar-refractivity contribution >= 4 is 11.8 Å². The van der Waals surface area contributed by atoms with Crippen molar-refractivity contribution in [2.75, 3.05) is 26.2 Å². The van der Waals surface area contributed by atoms with Gasteiger partial charge in [0.05, 0.1) is 0 Å². The third-order valence-electron chi connectivity index (χ3n) is 5.77. The molecular weight excluding hydrogens is 355 g/mol. The Labute approximate surface area is 164 Å². The molecule has 2 aromatic rings. The number of carbonyl (C=O) groups excluding carboxylic acids is 2. The van der Waals surface area contributed by atoms with Gasteiger partial charge in [0.2, 0.25) is 5.91 Å². The maximum atomic E-state index is 13.1. The molecule has 0 radical (unpaired) electrons. The lowest BCUT2D eigenvalue weighted by atomic mass is 10.1. The first kappa shape index (κ1) is 18.7. The molecular formula is C23H25FN2O2. The van der Waals surface area contributed by atoms with Gasteiger partial charge in [-0.05, 0) is 55.5 Å². The molecule has 146 valence electrons. The van der Waals surface area contributed by atoms with Gasteiger partial charge in [0.1, 0.15) is 5.82 Å². The first-order chi connectivity index (χ1) is 13.5. The van der Waals surface area contributed by atoms with Crippen LogP contribution in [-0.2, 0) is 4.79 Å². The predicted molar refractivity (Wildman–Crippen MR) is 106 cm³/mol. The Morgan fingerprint density at radius 1 is 0.964 bits per heavy atom. The highest BCUT2D eigenvalue weighted by atomic mass is 19.1. The lowest BCUT2D eigenvalue weighted by molar-refractivity contribution is -0.132. The molecule has 1 saturated carbocycles. The fourth-order valence-corrected chi connectivity index (χ4v) is 4.08. The molecule has 2 unspecified atom stereocenters. The quantitative estimate of drug-likeness (QED) is 0.816. The van der Waals surface area contributed by atoms with Crippen molar-refractivity contribution in [1.82, 2.24) is 9.80 Å². The summed E-state index contributed by atoms with van der Waals surface area (Å²) in [5.74, 6) is 0.136. The van der Waals surface area contributed by atoms with Gasteiger partial charge in [0.15, 0.2) is 0 Å². The zero-order valence-corrected chi connectivity index (χ0v) is 16.1. The van der Waals surface area contributed by atoms with Gasteiger partial charge in [0, 0.05) is 37.7 Å². The van der Waals surface area contributed by atoms with Crippen LogP contribution in [0.2, 0.25) is 0 Å². The van der Waals surface area contributed by atoms with E-state index >= 15 is 0 Å². The minimum Gasteiger partial charge on any atom is -0.341 e. The Morgan fingerprint density at radius 2 is 1.68 bits per heavy atom. The van der Waals surface area contributed by atoms with Crippen LogP contribution in [-0.4, -0.2) is 47.8 Å². The minimum atomic E-state index is -0.252. The average molecular weight is 380 g/mol. The number of aryl methyl sites for hydroxylation is 1. The normalized spacial score (nSPS) is 21.9. The maximum Gasteiger partial charge on any atom is 0.253 e. The van der Waals surface area contributed by atoms with Gasteiger partial charge in [-0.1, -0.05) is 29.8 Å². The van der Waals surface area contributed by atoms with Crippen molar-refractivity contribution < 1.29 is 14.0 Å². The molecule has 2 amide bonds. The molecule has 4 rings (SSSR count). The number of nitrogens with zero attached hydrogens (tertiary/aromatic N) is 2. The summed E-state index contributed by atoms with van der Waals surface area (Å²) in [6.45, 7) is 4.47. The van der Waals surface area contributed by atoms with Crippen LogP contribution in [0.15, 0.2) is 48.5 Å². The highest BCUT2D eigenvalue weighted by molar-refractivity contribution is 5.94. The fourth-order valence-electron chi connectivity index (χ4n) is 4.08. The van der Waals surface area contributed by atoms with E-state index in [4.69, 9.17) is 0 Å². The van der Waals surface area contributed by atoms with Gasteiger partial charge in [-0.2, -0.15) is 0 Å². The molecule has 1 aliphatic heterocycles. The number of rotatable bonds is 3. The summed E-state index contributed by atoms with van der Waals surface area (Å²) in [7, 11) is 0. The average Bonchev–Trinajstić information content (AvgIpc) is 3.51. The van der Waals surface area contributed by atoms with Crippen molar-refractivity contribution in [3.8, 4) is 0 Å². The lowest BCUT2D eigenvalue weighted by Crippen LogP contribution is -2.38. The third kappa shape index (κ3) is 3.93. The van der Waals surface area contributed by atoms with E-state index in [-0.39, 0.29) is 29.5 Å². The van der Waals surface area contributed by atoms with Gasteiger partial charge < -0.3 is 9.80 Å². The molecule has 0 aromatic heterocycles. The predicted octanol–water partition coefficient (Wildman–Crippen LogP) is 3.61. The first-order valence-corrected chi connectivity index (χ1v) is 9.93. The molecule has 0 spiro atoms. The van der Waals surface area contributed by atoms with E-state index in [0.29, 0.717) is 31.7 Å². The van der Waals surface area contributed by atoms with Gasteiger partial charge in [-0.25, -0.2) is 4.39 Å². The van der Waals surface area contributed by atoms with E-state index < -0.39 is 0 Å². The minimum absolute atomic E-state index is 0.00974. The van der Waals surface area contributed by atoms with Crippen molar-refractivity contribution in [2.45, 2.75) is 25.7 Å². The van der Waals surface area contributed by atoms with Crippen LogP contribution in [0.3, 0.4) is 0 Å². The van der Waals surface area contributed by atoms with Crippen LogP contribution < -0.4 is 0 Å². The topological polar surface area (TPSA) is 40.6 Å².